The predicted octanol–water partition coefficient (Wildman–Crippen LogP) is 2.69. The smallest absolute Gasteiger partial charge is 0.319 e. The van der Waals surface area contributed by atoms with Crippen molar-refractivity contribution in [2.75, 3.05) is 17.6 Å². The Morgan fingerprint density at radius 3 is 2.30 bits per heavy atom. The van der Waals surface area contributed by atoms with E-state index in [9.17, 15) is 19.2 Å². The zero-order chi connectivity index (χ0) is 26.6. The van der Waals surface area contributed by atoms with Crippen molar-refractivity contribution in [2.45, 2.75) is 17.5 Å². The van der Waals surface area contributed by atoms with Gasteiger partial charge in [-0.1, -0.05) is 87.8 Å². The highest BCUT2D eigenvalue weighted by molar-refractivity contribution is 9.09. The van der Waals surface area contributed by atoms with E-state index in [4.69, 9.17) is 9.94 Å². The summed E-state index contributed by atoms with van der Waals surface area (Å²) in [5.74, 6) is -2.33. The molecule has 0 spiro atoms. The maximum Gasteiger partial charge on any atom is 0.319 e. The van der Waals surface area contributed by atoms with Crippen molar-refractivity contribution in [1.82, 2.24) is 10.2 Å². The lowest BCUT2D eigenvalue weighted by molar-refractivity contribution is -0.162. The summed E-state index contributed by atoms with van der Waals surface area (Å²) in [7, 11) is 0. The van der Waals surface area contributed by atoms with Gasteiger partial charge < -0.3 is 20.2 Å². The Balaban J connectivity index is 1.49. The number of ketones is 1. The van der Waals surface area contributed by atoms with Gasteiger partial charge in [-0.05, 0) is 11.1 Å². The highest BCUT2D eigenvalue weighted by Gasteiger charge is 2.57. The number of halogens is 1. The maximum atomic E-state index is 13.6. The second-order valence-corrected chi connectivity index (χ2v) is 10.3. The van der Waals surface area contributed by atoms with Gasteiger partial charge in [0.15, 0.2) is 6.10 Å². The average molecular weight is 586 g/mol. The number of ether oxygens (including phenoxy) is 1. The fourth-order valence-electron chi connectivity index (χ4n) is 4.23. The number of rotatable bonds is 9. The fraction of sp³-hybridized carbons (Fsp3) is 0.269. The summed E-state index contributed by atoms with van der Waals surface area (Å²) in [5, 5.41) is 13.6. The first-order valence-electron chi connectivity index (χ1n) is 11.3. The Morgan fingerprint density at radius 2 is 1.78 bits per heavy atom. The molecule has 0 aromatic heterocycles. The van der Waals surface area contributed by atoms with Gasteiger partial charge in [0.05, 0.1) is 5.33 Å². The third kappa shape index (κ3) is 5.19. The van der Waals surface area contributed by atoms with Crippen LogP contribution in [0.4, 0.5) is 0 Å². The molecule has 3 atom stereocenters. The molecule has 2 fully saturated rings. The molecule has 2 saturated heterocycles. The molecule has 2 aliphatic heterocycles. The molecule has 37 heavy (non-hydrogen) atoms. The molecule has 0 aliphatic carbocycles. The van der Waals surface area contributed by atoms with Crippen molar-refractivity contribution in [3.63, 3.8) is 0 Å². The van der Waals surface area contributed by atoms with E-state index in [0.29, 0.717) is 0 Å². The number of hydrogen-bond donors (Lipinski definition) is 2. The second-order valence-electron chi connectivity index (χ2n) is 8.59. The number of carbonyl (C=O) groups excluding carboxylic acids is 4. The van der Waals surface area contributed by atoms with Gasteiger partial charge in [0.2, 0.25) is 17.4 Å². The van der Waals surface area contributed by atoms with Gasteiger partial charge >= 0.3 is 5.97 Å². The molecule has 2 N–H and O–H groups in total. The number of fused-ring (bicyclic) bond motifs is 1. The molecule has 2 unspecified atom stereocenters. The lowest BCUT2D eigenvalue weighted by Crippen LogP contribution is -2.74. The number of nitrogens with one attached hydrogen (secondary N) is 1. The van der Waals surface area contributed by atoms with Crippen molar-refractivity contribution in [3.8, 4) is 0 Å². The third-order valence-corrected chi connectivity index (χ3v) is 8.38. The summed E-state index contributed by atoms with van der Waals surface area (Å²) in [6.07, 6.45) is 0.868. The molecule has 2 aromatic rings. The number of alkyl halides is 1. The van der Waals surface area contributed by atoms with Crippen molar-refractivity contribution >= 4 is 57.0 Å². The fourth-order valence-corrected chi connectivity index (χ4v) is 6.03. The summed E-state index contributed by atoms with van der Waals surface area (Å²) in [6.45, 7) is 3.90. The number of thioether (sulfide) groups is 1. The molecule has 11 heteroatoms. The van der Waals surface area contributed by atoms with Crippen molar-refractivity contribution in [2.24, 2.45) is 10.6 Å². The van der Waals surface area contributed by atoms with E-state index in [0.717, 1.165) is 11.1 Å². The molecular weight excluding hydrogens is 562 g/mol. The van der Waals surface area contributed by atoms with E-state index in [1.807, 2.05) is 60.7 Å². The van der Waals surface area contributed by atoms with E-state index in [1.54, 1.807) is 0 Å². The quantitative estimate of drug-likeness (QED) is 0.0677. The highest BCUT2D eigenvalue weighted by Crippen LogP contribution is 2.44. The first kappa shape index (κ1) is 26.6. The molecule has 0 radical (unpaired) electrons. The minimum Gasteiger partial charge on any atom is -0.452 e. The topological polar surface area (TPSA) is 125 Å². The summed E-state index contributed by atoms with van der Waals surface area (Å²) in [4.78, 5) is 52.1. The maximum absolute atomic E-state index is 13.6. The van der Waals surface area contributed by atoms with Crippen LogP contribution >= 0.6 is 27.7 Å². The highest BCUT2D eigenvalue weighted by atomic mass is 79.9. The largest absolute Gasteiger partial charge is 0.452 e. The summed E-state index contributed by atoms with van der Waals surface area (Å²) >= 11 is 4.22. The van der Waals surface area contributed by atoms with Crippen LogP contribution in [0.15, 0.2) is 78.5 Å². The standard InChI is InChI=1S/C26H24BrN3O6S/c1-2-26(25(34)36-21(16-9-5-3-6-10-16)17-11-7-4-8-12-17)14-30-23(33)20(24(30)37-15-26)28-22(32)19(29-35)18(31)13-27/h2-12,20-21,24,35H,1,13-15H2,(H,28,32)/t20?,24-,26?/m1/s1. The average Bonchev–Trinajstić information content (AvgIpc) is 2.95. The lowest BCUT2D eigenvalue weighted by Gasteiger charge is -2.53. The Morgan fingerprint density at radius 1 is 1.19 bits per heavy atom. The van der Waals surface area contributed by atoms with Crippen molar-refractivity contribution in [1.29, 1.82) is 0 Å². The number of carbonyl (C=O) groups is 4. The minimum absolute atomic E-state index is 0.0375. The number of esters is 1. The molecule has 2 amide bonds. The molecule has 0 saturated carbocycles. The number of hydrogen-bond acceptors (Lipinski definition) is 8. The van der Waals surface area contributed by atoms with Crippen LogP contribution in [0.1, 0.15) is 17.2 Å². The predicted molar refractivity (Wildman–Crippen MR) is 141 cm³/mol. The monoisotopic (exact) mass is 585 g/mol. The van der Waals surface area contributed by atoms with Crippen LogP contribution in [-0.4, -0.2) is 68.4 Å². The van der Waals surface area contributed by atoms with Crippen LogP contribution in [0.25, 0.3) is 0 Å². The minimum atomic E-state index is -1.16. The van der Waals surface area contributed by atoms with E-state index in [1.165, 1.54) is 22.7 Å². The van der Waals surface area contributed by atoms with Gasteiger partial charge in [-0.25, -0.2) is 0 Å². The van der Waals surface area contributed by atoms with Gasteiger partial charge in [0, 0.05) is 12.3 Å². The van der Waals surface area contributed by atoms with Crippen molar-refractivity contribution in [3.05, 3.63) is 84.4 Å². The number of Topliss-reactive ketones (excluding diaryl/α,β-unsaturated/α-hetero) is 1. The number of benzene rings is 2. The molecular formula is C26H24BrN3O6S. The van der Waals surface area contributed by atoms with Crippen LogP contribution in [-0.2, 0) is 23.9 Å². The number of nitrogens with zero attached hydrogens (tertiary/aromatic N) is 2. The molecule has 0 bridgehead atoms. The zero-order valence-electron chi connectivity index (χ0n) is 19.6. The van der Waals surface area contributed by atoms with E-state index < -0.39 is 52.2 Å². The second kappa shape index (κ2) is 11.3. The Kier molecular flexibility index (Phi) is 8.13. The van der Waals surface area contributed by atoms with Gasteiger partial charge in [-0.15, -0.1) is 18.3 Å². The van der Waals surface area contributed by atoms with Crippen LogP contribution in [0.3, 0.4) is 0 Å². The molecule has 2 heterocycles. The Bertz CT molecular complexity index is 1200. The van der Waals surface area contributed by atoms with Crippen LogP contribution in [0, 0.1) is 5.41 Å². The Labute approximate surface area is 226 Å². The number of oxime groups is 1. The first-order chi connectivity index (χ1) is 17.8. The molecule has 2 aromatic carbocycles. The van der Waals surface area contributed by atoms with Crippen molar-refractivity contribution < 1.29 is 29.1 Å². The normalized spacial score (nSPS) is 23.0. The van der Waals surface area contributed by atoms with E-state index >= 15 is 0 Å². The van der Waals surface area contributed by atoms with Crippen LogP contribution in [0.2, 0.25) is 0 Å². The van der Waals surface area contributed by atoms with Gasteiger partial charge in [0.25, 0.3) is 5.91 Å². The molecule has 4 rings (SSSR count). The van der Waals surface area contributed by atoms with Gasteiger partial charge in [0.1, 0.15) is 16.8 Å². The van der Waals surface area contributed by atoms with E-state index in [-0.39, 0.29) is 17.6 Å². The lowest BCUT2D eigenvalue weighted by atomic mass is 9.87. The third-order valence-electron chi connectivity index (χ3n) is 6.32. The summed E-state index contributed by atoms with van der Waals surface area (Å²) in [5.41, 5.74) is -0.229. The molecule has 2 aliphatic rings. The van der Waals surface area contributed by atoms with Crippen LogP contribution < -0.4 is 5.32 Å². The van der Waals surface area contributed by atoms with Gasteiger partial charge in [-0.2, -0.15) is 0 Å². The number of amides is 2. The summed E-state index contributed by atoms with van der Waals surface area (Å²) in [6, 6.07) is 17.9. The SMILES string of the molecule is C=CC1(C(=O)OC(c2ccccc2)c2ccccc2)CS[C@@H]2C(NC(=O)C(=NO)C(=O)CBr)C(=O)N2C1. The molecule has 9 nitrogen and oxygen atoms in total. The Hall–Kier alpha value is -3.44. The van der Waals surface area contributed by atoms with Gasteiger partial charge in [-0.3, -0.25) is 19.2 Å². The van der Waals surface area contributed by atoms with E-state index in [2.05, 4.69) is 33.0 Å². The zero-order valence-corrected chi connectivity index (χ0v) is 22.0. The first-order valence-corrected chi connectivity index (χ1v) is 13.5. The van der Waals surface area contributed by atoms with Crippen LogP contribution in [0.5, 0.6) is 0 Å². The summed E-state index contributed by atoms with van der Waals surface area (Å²) < 4.78 is 6.06. The molecule has 192 valence electrons. The number of β-lactam (4-membered cyclic amide) rings is 1.